The fourth-order valence-electron chi connectivity index (χ4n) is 2.28. The van der Waals surface area contributed by atoms with Gasteiger partial charge in [0.25, 0.3) is 5.91 Å². The highest BCUT2D eigenvalue weighted by Gasteiger charge is 2.17. The first-order chi connectivity index (χ1) is 11.5. The molecule has 0 saturated heterocycles. The maximum absolute atomic E-state index is 12.6. The number of aromatic nitrogens is 1. The van der Waals surface area contributed by atoms with Gasteiger partial charge in [0.2, 0.25) is 5.75 Å². The molecule has 1 aromatic carbocycles. The molecule has 0 aliphatic rings. The molecule has 0 unspecified atom stereocenters. The number of carbonyl (C=O) groups excluding carboxylic acids is 1. The van der Waals surface area contributed by atoms with Crippen molar-refractivity contribution in [1.29, 1.82) is 0 Å². The van der Waals surface area contributed by atoms with Gasteiger partial charge in [-0.25, -0.2) is 4.98 Å². The first kappa shape index (κ1) is 17.4. The van der Waals surface area contributed by atoms with Crippen LogP contribution in [-0.2, 0) is 0 Å². The lowest BCUT2D eigenvalue weighted by Crippen LogP contribution is -2.19. The molecule has 1 amide bonds. The average Bonchev–Trinajstić information content (AvgIpc) is 2.60. The first-order valence-electron chi connectivity index (χ1n) is 7.25. The summed E-state index contributed by atoms with van der Waals surface area (Å²) in [4.78, 5) is 18.6. The second-order valence-corrected chi connectivity index (χ2v) is 5.14. The number of pyridine rings is 1. The van der Waals surface area contributed by atoms with E-state index in [0.717, 1.165) is 0 Å². The molecule has 24 heavy (non-hydrogen) atoms. The summed E-state index contributed by atoms with van der Waals surface area (Å²) in [5.74, 6) is 1.70. The number of hydrogen-bond donors (Lipinski definition) is 1. The zero-order valence-corrected chi connectivity index (χ0v) is 14.4. The lowest BCUT2D eigenvalue weighted by Gasteiger charge is -2.17. The van der Waals surface area contributed by atoms with Gasteiger partial charge in [-0.2, -0.15) is 0 Å². The zero-order valence-electron chi connectivity index (χ0n) is 14.4. The molecule has 0 fully saturated rings. The van der Waals surface area contributed by atoms with Crippen molar-refractivity contribution < 1.29 is 19.0 Å². The number of nitrogens with one attached hydrogen (secondary N) is 1. The summed E-state index contributed by atoms with van der Waals surface area (Å²) in [5, 5.41) is 2.83. The van der Waals surface area contributed by atoms with Gasteiger partial charge in [-0.3, -0.25) is 4.79 Å². The molecule has 1 heterocycles. The maximum atomic E-state index is 12.6. The number of rotatable bonds is 6. The highest BCUT2D eigenvalue weighted by Crippen LogP contribution is 2.40. The molecule has 0 atom stereocenters. The SMILES string of the molecule is COc1cc(NC(=O)c2cccnc2N(C)C)cc(OC)c1OC. The van der Waals surface area contributed by atoms with Crippen LogP contribution in [0, 0.1) is 0 Å². The minimum Gasteiger partial charge on any atom is -0.493 e. The number of nitrogens with zero attached hydrogens (tertiary/aromatic N) is 2. The molecule has 0 radical (unpaired) electrons. The molecular formula is C17H21N3O4. The van der Waals surface area contributed by atoms with Crippen LogP contribution in [0.25, 0.3) is 0 Å². The smallest absolute Gasteiger partial charge is 0.259 e. The number of carbonyl (C=O) groups is 1. The topological polar surface area (TPSA) is 72.9 Å². The largest absolute Gasteiger partial charge is 0.493 e. The first-order valence-corrected chi connectivity index (χ1v) is 7.25. The molecule has 7 nitrogen and oxygen atoms in total. The monoisotopic (exact) mass is 331 g/mol. The van der Waals surface area contributed by atoms with Gasteiger partial charge in [-0.05, 0) is 12.1 Å². The van der Waals surface area contributed by atoms with E-state index >= 15 is 0 Å². The molecule has 1 N–H and O–H groups in total. The number of ether oxygens (including phenoxy) is 3. The lowest BCUT2D eigenvalue weighted by molar-refractivity contribution is 0.102. The Morgan fingerprint density at radius 1 is 1.08 bits per heavy atom. The number of hydrogen-bond acceptors (Lipinski definition) is 6. The minimum absolute atomic E-state index is 0.277. The Labute approximate surface area is 141 Å². The third-order valence-electron chi connectivity index (χ3n) is 3.38. The number of amides is 1. The van der Waals surface area contributed by atoms with Crippen LogP contribution in [0.5, 0.6) is 17.2 Å². The van der Waals surface area contributed by atoms with Crippen molar-refractivity contribution in [1.82, 2.24) is 4.98 Å². The van der Waals surface area contributed by atoms with Crippen LogP contribution >= 0.6 is 0 Å². The van der Waals surface area contributed by atoms with Crippen LogP contribution in [0.4, 0.5) is 11.5 Å². The van der Waals surface area contributed by atoms with Crippen LogP contribution in [0.3, 0.4) is 0 Å². The van der Waals surface area contributed by atoms with Crippen molar-refractivity contribution in [3.05, 3.63) is 36.0 Å². The fraction of sp³-hybridized carbons (Fsp3) is 0.294. The third-order valence-corrected chi connectivity index (χ3v) is 3.38. The average molecular weight is 331 g/mol. The highest BCUT2D eigenvalue weighted by atomic mass is 16.5. The second-order valence-electron chi connectivity index (χ2n) is 5.14. The van der Waals surface area contributed by atoms with Crippen molar-refractivity contribution >= 4 is 17.4 Å². The Hall–Kier alpha value is -2.96. The van der Waals surface area contributed by atoms with E-state index in [1.807, 2.05) is 14.1 Å². The van der Waals surface area contributed by atoms with Crippen LogP contribution in [0.15, 0.2) is 30.5 Å². The summed E-state index contributed by atoms with van der Waals surface area (Å²) in [7, 11) is 8.23. The predicted molar refractivity (Wildman–Crippen MR) is 92.6 cm³/mol. The van der Waals surface area contributed by atoms with Gasteiger partial charge in [0.05, 0.1) is 26.9 Å². The molecule has 2 rings (SSSR count). The van der Waals surface area contributed by atoms with Crippen LogP contribution in [-0.4, -0.2) is 46.3 Å². The van der Waals surface area contributed by atoms with Crippen molar-refractivity contribution in [2.75, 3.05) is 45.6 Å². The van der Waals surface area contributed by atoms with E-state index < -0.39 is 0 Å². The predicted octanol–water partition coefficient (Wildman–Crippen LogP) is 2.43. The van der Waals surface area contributed by atoms with Crippen LogP contribution < -0.4 is 24.4 Å². The Morgan fingerprint density at radius 2 is 1.71 bits per heavy atom. The lowest BCUT2D eigenvalue weighted by atomic mass is 10.2. The molecule has 128 valence electrons. The molecule has 0 spiro atoms. The van der Waals surface area contributed by atoms with E-state index in [9.17, 15) is 4.79 Å². The van der Waals surface area contributed by atoms with E-state index in [1.54, 1.807) is 35.4 Å². The Bertz CT molecular complexity index is 707. The summed E-state index contributed by atoms with van der Waals surface area (Å²) in [6, 6.07) is 6.78. The second kappa shape index (κ2) is 7.54. The van der Waals surface area contributed by atoms with Crippen molar-refractivity contribution in [3.63, 3.8) is 0 Å². The number of benzene rings is 1. The normalized spacial score (nSPS) is 10.0. The zero-order chi connectivity index (χ0) is 17.7. The molecule has 0 bridgehead atoms. The molecule has 0 aliphatic carbocycles. The van der Waals surface area contributed by atoms with Crippen molar-refractivity contribution in [3.8, 4) is 17.2 Å². The van der Waals surface area contributed by atoms with E-state index in [-0.39, 0.29) is 5.91 Å². The summed E-state index contributed by atoms with van der Waals surface area (Å²) in [6.07, 6.45) is 1.64. The number of methoxy groups -OCH3 is 3. The highest BCUT2D eigenvalue weighted by molar-refractivity contribution is 6.07. The van der Waals surface area contributed by atoms with E-state index in [0.29, 0.717) is 34.3 Å². The van der Waals surface area contributed by atoms with Gasteiger partial charge in [0, 0.05) is 38.1 Å². The standard InChI is InChI=1S/C17H21N3O4/c1-20(2)16-12(7-6-8-18-16)17(21)19-11-9-13(22-3)15(24-5)14(10-11)23-4/h6-10H,1-5H3,(H,19,21). The van der Waals surface area contributed by atoms with E-state index in [4.69, 9.17) is 14.2 Å². The number of anilines is 2. The van der Waals surface area contributed by atoms with Gasteiger partial charge in [0.15, 0.2) is 11.5 Å². The summed E-state index contributed by atoms with van der Waals surface area (Å²) in [5.41, 5.74) is 0.999. The van der Waals surface area contributed by atoms with Gasteiger partial charge in [-0.1, -0.05) is 0 Å². The van der Waals surface area contributed by atoms with E-state index in [2.05, 4.69) is 10.3 Å². The summed E-state index contributed by atoms with van der Waals surface area (Å²) < 4.78 is 15.9. The van der Waals surface area contributed by atoms with Gasteiger partial charge >= 0.3 is 0 Å². The Morgan fingerprint density at radius 3 is 2.21 bits per heavy atom. The molecular weight excluding hydrogens is 310 g/mol. The molecule has 1 aromatic heterocycles. The van der Waals surface area contributed by atoms with Crippen LogP contribution in [0.2, 0.25) is 0 Å². The van der Waals surface area contributed by atoms with Gasteiger partial charge < -0.3 is 24.4 Å². The molecule has 2 aromatic rings. The van der Waals surface area contributed by atoms with Crippen molar-refractivity contribution in [2.45, 2.75) is 0 Å². The molecule has 0 aliphatic heterocycles. The molecule has 7 heteroatoms. The van der Waals surface area contributed by atoms with E-state index in [1.165, 1.54) is 21.3 Å². The summed E-state index contributed by atoms with van der Waals surface area (Å²) in [6.45, 7) is 0. The summed E-state index contributed by atoms with van der Waals surface area (Å²) >= 11 is 0. The quantitative estimate of drug-likeness (QED) is 0.876. The Kier molecular flexibility index (Phi) is 5.47. The Balaban J connectivity index is 2.36. The third kappa shape index (κ3) is 3.51. The van der Waals surface area contributed by atoms with Crippen LogP contribution in [0.1, 0.15) is 10.4 Å². The van der Waals surface area contributed by atoms with Gasteiger partial charge in [0.1, 0.15) is 5.82 Å². The molecule has 0 saturated carbocycles. The maximum Gasteiger partial charge on any atom is 0.259 e. The minimum atomic E-state index is -0.277. The fourth-order valence-corrected chi connectivity index (χ4v) is 2.28. The van der Waals surface area contributed by atoms with Gasteiger partial charge in [-0.15, -0.1) is 0 Å². The van der Waals surface area contributed by atoms with Crippen molar-refractivity contribution in [2.24, 2.45) is 0 Å².